The molecular weight excluding hydrogens is 450 g/mol. The number of nitrogens with two attached hydrogens (primary N) is 1. The van der Waals surface area contributed by atoms with Gasteiger partial charge in [-0.1, -0.05) is 31.2 Å². The molecule has 0 aliphatic carbocycles. The number of methoxy groups -OCH3 is 2. The first kappa shape index (κ1) is 24.3. The molecule has 0 fully saturated rings. The fraction of sp³-hybridized carbons (Fsp3) is 0.385. The van der Waals surface area contributed by atoms with Crippen LogP contribution in [0.2, 0.25) is 0 Å². The number of aryl methyl sites for hydroxylation is 1. The lowest BCUT2D eigenvalue weighted by Gasteiger charge is -2.15. The van der Waals surface area contributed by atoms with Crippen LogP contribution < -0.4 is 16.0 Å². The number of rotatable bonds is 10. The van der Waals surface area contributed by atoms with Crippen molar-refractivity contribution in [3.63, 3.8) is 0 Å². The summed E-state index contributed by atoms with van der Waals surface area (Å²) in [5, 5.41) is 1.86. The van der Waals surface area contributed by atoms with Gasteiger partial charge in [0.05, 0.1) is 43.7 Å². The Bertz CT molecular complexity index is 1340. The van der Waals surface area contributed by atoms with Crippen molar-refractivity contribution in [3.8, 4) is 17.0 Å². The van der Waals surface area contributed by atoms with Crippen LogP contribution in [-0.4, -0.2) is 50.6 Å². The van der Waals surface area contributed by atoms with Gasteiger partial charge in [0.15, 0.2) is 0 Å². The van der Waals surface area contributed by atoms with Gasteiger partial charge in [-0.05, 0) is 36.6 Å². The first-order chi connectivity index (χ1) is 16.5. The topological polar surface area (TPSA) is 99.5 Å². The van der Waals surface area contributed by atoms with Crippen LogP contribution >= 0.6 is 11.3 Å². The zero-order valence-electron chi connectivity index (χ0n) is 20.1. The normalized spacial score (nSPS) is 12.5. The molecule has 0 bridgehead atoms. The van der Waals surface area contributed by atoms with E-state index < -0.39 is 0 Å². The van der Waals surface area contributed by atoms with E-state index in [2.05, 4.69) is 47.2 Å². The lowest BCUT2D eigenvalue weighted by atomic mass is 9.95. The first-order valence-corrected chi connectivity index (χ1v) is 12.2. The van der Waals surface area contributed by atoms with E-state index in [-0.39, 0.29) is 11.5 Å². The van der Waals surface area contributed by atoms with Crippen LogP contribution in [0.25, 0.3) is 32.1 Å². The molecule has 4 rings (SSSR count). The fourth-order valence-corrected chi connectivity index (χ4v) is 5.18. The summed E-state index contributed by atoms with van der Waals surface area (Å²) in [4.78, 5) is 21.8. The Morgan fingerprint density at radius 3 is 2.59 bits per heavy atom. The van der Waals surface area contributed by atoms with Crippen molar-refractivity contribution in [1.29, 1.82) is 0 Å². The maximum atomic E-state index is 13.0. The fourth-order valence-electron chi connectivity index (χ4n) is 4.14. The second-order valence-electron chi connectivity index (χ2n) is 8.36. The number of nitrogens with zero attached hydrogens (tertiary/aromatic N) is 1. The molecule has 180 valence electrons. The molecule has 7 nitrogen and oxygen atoms in total. The van der Waals surface area contributed by atoms with Gasteiger partial charge in [-0.2, -0.15) is 0 Å². The maximum Gasteiger partial charge on any atom is 0.266 e. The van der Waals surface area contributed by atoms with Gasteiger partial charge in [0.25, 0.3) is 5.56 Å². The number of ether oxygens (including phenoxy) is 3. The van der Waals surface area contributed by atoms with Crippen molar-refractivity contribution in [3.05, 3.63) is 56.8 Å². The number of fused-ring (bicyclic) bond motifs is 3. The van der Waals surface area contributed by atoms with Gasteiger partial charge in [-0.15, -0.1) is 11.3 Å². The number of hydrogen-bond donors (Lipinski definition) is 2. The van der Waals surface area contributed by atoms with Gasteiger partial charge in [0.2, 0.25) is 5.88 Å². The van der Waals surface area contributed by atoms with E-state index in [1.54, 1.807) is 14.2 Å². The van der Waals surface area contributed by atoms with Crippen molar-refractivity contribution in [1.82, 2.24) is 9.97 Å². The molecule has 3 heterocycles. The van der Waals surface area contributed by atoms with E-state index in [1.165, 1.54) is 16.9 Å². The molecule has 0 aliphatic rings. The monoisotopic (exact) mass is 481 g/mol. The summed E-state index contributed by atoms with van der Waals surface area (Å²) >= 11 is 1.50. The molecule has 0 saturated carbocycles. The van der Waals surface area contributed by atoms with Crippen LogP contribution in [-0.2, 0) is 15.9 Å². The van der Waals surface area contributed by atoms with Gasteiger partial charge in [-0.3, -0.25) is 4.79 Å². The number of benzene rings is 1. The number of aromatic nitrogens is 2. The molecule has 0 radical (unpaired) electrons. The summed E-state index contributed by atoms with van der Waals surface area (Å²) in [5.74, 6) is 0.811. The molecule has 1 aromatic carbocycles. The minimum absolute atomic E-state index is 0.104. The predicted octanol–water partition coefficient (Wildman–Crippen LogP) is 4.39. The zero-order valence-corrected chi connectivity index (χ0v) is 20.9. The summed E-state index contributed by atoms with van der Waals surface area (Å²) < 4.78 is 17.1. The predicted molar refractivity (Wildman–Crippen MR) is 138 cm³/mol. The standard InChI is InChI=1S/C26H31N3O4S/c1-15(14-27)17-5-7-18(8-6-17)21-22-20-13-19(9-10-33-12-11-31-3)34-24(20)25(30)29-23(22)16(2)28-26(21)32-4/h5-8,13,15H,9-12,14,27H2,1-4H3,(H,29,30). The summed E-state index contributed by atoms with van der Waals surface area (Å²) in [6.07, 6.45) is 0.728. The Balaban J connectivity index is 1.88. The number of thiophene rings is 1. The molecule has 1 unspecified atom stereocenters. The van der Waals surface area contributed by atoms with Crippen LogP contribution in [0, 0.1) is 6.92 Å². The van der Waals surface area contributed by atoms with Crippen LogP contribution in [0.4, 0.5) is 0 Å². The van der Waals surface area contributed by atoms with E-state index >= 15 is 0 Å². The quantitative estimate of drug-likeness (QED) is 0.326. The third kappa shape index (κ3) is 4.72. The second kappa shape index (κ2) is 10.7. The van der Waals surface area contributed by atoms with Crippen molar-refractivity contribution in [2.75, 3.05) is 40.6 Å². The molecule has 4 aromatic rings. The Labute approximate surface area is 202 Å². The van der Waals surface area contributed by atoms with Crippen LogP contribution in [0.15, 0.2) is 35.1 Å². The van der Waals surface area contributed by atoms with E-state index in [0.717, 1.165) is 44.4 Å². The molecule has 8 heteroatoms. The number of hydrogen-bond acceptors (Lipinski definition) is 7. The van der Waals surface area contributed by atoms with E-state index in [0.29, 0.717) is 36.9 Å². The maximum absolute atomic E-state index is 13.0. The summed E-state index contributed by atoms with van der Waals surface area (Å²) in [6.45, 7) is 6.28. The third-order valence-electron chi connectivity index (χ3n) is 6.08. The largest absolute Gasteiger partial charge is 0.481 e. The highest BCUT2D eigenvalue weighted by atomic mass is 32.1. The Morgan fingerprint density at radius 1 is 1.15 bits per heavy atom. The molecule has 1 atom stereocenters. The Morgan fingerprint density at radius 2 is 1.91 bits per heavy atom. The Hall–Kier alpha value is -2.78. The van der Waals surface area contributed by atoms with Gasteiger partial charge >= 0.3 is 0 Å². The third-order valence-corrected chi connectivity index (χ3v) is 7.28. The van der Waals surface area contributed by atoms with Crippen LogP contribution in [0.5, 0.6) is 5.88 Å². The molecule has 0 spiro atoms. The van der Waals surface area contributed by atoms with Crippen molar-refractivity contribution in [2.45, 2.75) is 26.2 Å². The van der Waals surface area contributed by atoms with Crippen molar-refractivity contribution < 1.29 is 14.2 Å². The highest BCUT2D eigenvalue weighted by Gasteiger charge is 2.21. The number of aromatic amines is 1. The molecule has 3 N–H and O–H groups in total. The average molecular weight is 482 g/mol. The van der Waals surface area contributed by atoms with Crippen LogP contribution in [0.1, 0.15) is 29.0 Å². The molecular formula is C26H31N3O4S. The smallest absolute Gasteiger partial charge is 0.266 e. The van der Waals surface area contributed by atoms with Gasteiger partial charge in [-0.25, -0.2) is 4.98 Å². The molecule has 0 aliphatic heterocycles. The van der Waals surface area contributed by atoms with Crippen LogP contribution in [0.3, 0.4) is 0 Å². The molecule has 34 heavy (non-hydrogen) atoms. The minimum atomic E-state index is -0.104. The molecule has 0 saturated heterocycles. The zero-order chi connectivity index (χ0) is 24.2. The Kier molecular flexibility index (Phi) is 7.63. The lowest BCUT2D eigenvalue weighted by molar-refractivity contribution is 0.0725. The van der Waals surface area contributed by atoms with Gasteiger partial charge < -0.3 is 24.9 Å². The SMILES string of the molecule is COCCOCCc1cc2c(s1)c(=O)[nH]c1c(C)nc(OC)c(-c3ccc(C(C)CN)cc3)c12. The summed E-state index contributed by atoms with van der Waals surface area (Å²) in [7, 11) is 3.28. The number of H-pyrrole nitrogens is 1. The number of pyridine rings is 2. The van der Waals surface area contributed by atoms with E-state index in [9.17, 15) is 4.79 Å². The highest BCUT2D eigenvalue weighted by Crippen LogP contribution is 2.41. The summed E-state index contributed by atoms with van der Waals surface area (Å²) in [5.41, 5.74) is 10.2. The van der Waals surface area contributed by atoms with E-state index in [4.69, 9.17) is 19.9 Å². The lowest BCUT2D eigenvalue weighted by Crippen LogP contribution is -2.09. The van der Waals surface area contributed by atoms with E-state index in [1.807, 2.05) is 6.92 Å². The minimum Gasteiger partial charge on any atom is -0.481 e. The van der Waals surface area contributed by atoms with Crippen molar-refractivity contribution >= 4 is 32.3 Å². The average Bonchev–Trinajstić information content (AvgIpc) is 3.29. The molecule has 0 amide bonds. The highest BCUT2D eigenvalue weighted by molar-refractivity contribution is 7.19. The van der Waals surface area contributed by atoms with Gasteiger partial charge in [0.1, 0.15) is 4.70 Å². The summed E-state index contributed by atoms with van der Waals surface area (Å²) in [6, 6.07) is 10.4. The van der Waals surface area contributed by atoms with Gasteiger partial charge in [0, 0.05) is 29.2 Å². The molecule has 3 aromatic heterocycles. The van der Waals surface area contributed by atoms with Crippen molar-refractivity contribution in [2.24, 2.45) is 5.73 Å². The second-order valence-corrected chi connectivity index (χ2v) is 9.49. The number of nitrogens with one attached hydrogen (secondary N) is 1. The first-order valence-electron chi connectivity index (χ1n) is 11.4.